The van der Waals surface area contributed by atoms with Crippen molar-refractivity contribution in [2.24, 2.45) is 5.73 Å². The molecule has 0 aliphatic heterocycles. The molecule has 4 nitrogen and oxygen atoms in total. The molecule has 3 N–H and O–H groups in total. The predicted molar refractivity (Wildman–Crippen MR) is 70.0 cm³/mol. The topological polar surface area (TPSA) is 76.5 Å². The molecule has 0 fully saturated rings. The SMILES string of the molecule is Cc1cc(Cl)cc2cc(C(CN)CC(=O)O)oc12. The van der Waals surface area contributed by atoms with Crippen LogP contribution in [0.5, 0.6) is 0 Å². The summed E-state index contributed by atoms with van der Waals surface area (Å²) in [4.78, 5) is 10.8. The zero-order valence-electron chi connectivity index (χ0n) is 9.94. The summed E-state index contributed by atoms with van der Waals surface area (Å²) in [7, 11) is 0. The summed E-state index contributed by atoms with van der Waals surface area (Å²) in [5.41, 5.74) is 7.25. The zero-order chi connectivity index (χ0) is 13.3. The van der Waals surface area contributed by atoms with Gasteiger partial charge >= 0.3 is 5.97 Å². The van der Waals surface area contributed by atoms with Crippen LogP contribution in [0, 0.1) is 6.92 Å². The molecule has 0 radical (unpaired) electrons. The Balaban J connectivity index is 2.45. The van der Waals surface area contributed by atoms with Gasteiger partial charge in [-0.2, -0.15) is 0 Å². The second kappa shape index (κ2) is 5.00. The highest BCUT2D eigenvalue weighted by molar-refractivity contribution is 6.31. The van der Waals surface area contributed by atoms with Crippen molar-refractivity contribution in [3.8, 4) is 0 Å². The molecule has 0 aliphatic rings. The van der Waals surface area contributed by atoms with E-state index in [0.717, 1.165) is 16.5 Å². The van der Waals surface area contributed by atoms with Gasteiger partial charge in [-0.15, -0.1) is 0 Å². The molecule has 0 aliphatic carbocycles. The second-order valence-corrected chi connectivity index (χ2v) is 4.76. The van der Waals surface area contributed by atoms with E-state index in [9.17, 15) is 4.79 Å². The van der Waals surface area contributed by atoms with E-state index in [1.165, 1.54) is 0 Å². The average molecular weight is 268 g/mol. The first kappa shape index (κ1) is 12.9. The molecule has 0 spiro atoms. The molecule has 5 heteroatoms. The zero-order valence-corrected chi connectivity index (χ0v) is 10.7. The first-order valence-electron chi connectivity index (χ1n) is 5.62. The molecule has 0 saturated heterocycles. The van der Waals surface area contributed by atoms with Crippen molar-refractivity contribution in [1.82, 2.24) is 0 Å². The molecule has 0 bridgehead atoms. The van der Waals surface area contributed by atoms with E-state index in [1.807, 2.05) is 19.1 Å². The third-order valence-corrected chi connectivity index (χ3v) is 3.11. The van der Waals surface area contributed by atoms with Crippen LogP contribution in [0.4, 0.5) is 0 Å². The number of aryl methyl sites for hydroxylation is 1. The van der Waals surface area contributed by atoms with Crippen molar-refractivity contribution in [3.05, 3.63) is 34.5 Å². The molecule has 18 heavy (non-hydrogen) atoms. The van der Waals surface area contributed by atoms with Crippen molar-refractivity contribution in [1.29, 1.82) is 0 Å². The van der Waals surface area contributed by atoms with Gasteiger partial charge in [-0.1, -0.05) is 11.6 Å². The summed E-state index contributed by atoms with van der Waals surface area (Å²) < 4.78 is 5.71. The molecule has 96 valence electrons. The Bertz CT molecular complexity index is 591. The number of aliphatic carboxylic acids is 1. The van der Waals surface area contributed by atoms with Crippen LogP contribution in [0.1, 0.15) is 23.7 Å². The van der Waals surface area contributed by atoms with E-state index in [1.54, 1.807) is 6.07 Å². The molecule has 1 atom stereocenters. The van der Waals surface area contributed by atoms with Gasteiger partial charge in [-0.25, -0.2) is 0 Å². The molecule has 2 rings (SSSR count). The van der Waals surface area contributed by atoms with E-state index in [-0.39, 0.29) is 18.9 Å². The highest BCUT2D eigenvalue weighted by Gasteiger charge is 2.19. The number of carbonyl (C=O) groups is 1. The summed E-state index contributed by atoms with van der Waals surface area (Å²) in [6.45, 7) is 2.13. The lowest BCUT2D eigenvalue weighted by molar-refractivity contribution is -0.137. The van der Waals surface area contributed by atoms with Gasteiger partial charge in [0, 0.05) is 22.9 Å². The van der Waals surface area contributed by atoms with Gasteiger partial charge < -0.3 is 15.3 Å². The summed E-state index contributed by atoms with van der Waals surface area (Å²) in [6.07, 6.45) is -0.0386. The van der Waals surface area contributed by atoms with Crippen LogP contribution in [-0.2, 0) is 4.79 Å². The smallest absolute Gasteiger partial charge is 0.304 e. The Morgan fingerprint density at radius 2 is 2.22 bits per heavy atom. The van der Waals surface area contributed by atoms with Crippen LogP contribution in [0.15, 0.2) is 22.6 Å². The summed E-state index contributed by atoms with van der Waals surface area (Å²) in [5.74, 6) is -0.603. The molecule has 1 heterocycles. The number of benzene rings is 1. The van der Waals surface area contributed by atoms with E-state index in [4.69, 9.17) is 26.9 Å². The van der Waals surface area contributed by atoms with E-state index < -0.39 is 5.97 Å². The van der Waals surface area contributed by atoms with E-state index >= 15 is 0 Å². The lowest BCUT2D eigenvalue weighted by Gasteiger charge is -2.07. The fourth-order valence-corrected chi connectivity index (χ4v) is 2.30. The lowest BCUT2D eigenvalue weighted by Crippen LogP contribution is -2.15. The standard InChI is InChI=1S/C13H14ClNO3/c1-7-2-10(14)3-8-4-11(18-13(7)8)9(6-15)5-12(16)17/h2-4,9H,5-6,15H2,1H3,(H,16,17). The number of halogens is 1. The van der Waals surface area contributed by atoms with Gasteiger partial charge in [0.2, 0.25) is 0 Å². The molecule has 0 amide bonds. The van der Waals surface area contributed by atoms with Gasteiger partial charge in [0.25, 0.3) is 0 Å². The number of fused-ring (bicyclic) bond motifs is 1. The number of rotatable bonds is 4. The number of furan rings is 1. The fourth-order valence-electron chi connectivity index (χ4n) is 2.02. The second-order valence-electron chi connectivity index (χ2n) is 4.32. The summed E-state index contributed by atoms with van der Waals surface area (Å²) in [6, 6.07) is 5.42. The number of carboxylic acids is 1. The van der Waals surface area contributed by atoms with E-state index in [2.05, 4.69) is 0 Å². The Labute approximate surface area is 109 Å². The predicted octanol–water partition coefficient (Wildman–Crippen LogP) is 2.91. The quantitative estimate of drug-likeness (QED) is 0.893. The van der Waals surface area contributed by atoms with Gasteiger partial charge in [0.1, 0.15) is 11.3 Å². The largest absolute Gasteiger partial charge is 0.481 e. The molecular formula is C13H14ClNO3. The molecule has 0 saturated carbocycles. The Morgan fingerprint density at radius 1 is 1.50 bits per heavy atom. The minimum absolute atomic E-state index is 0.0386. The van der Waals surface area contributed by atoms with Crippen molar-refractivity contribution >= 4 is 28.5 Å². The van der Waals surface area contributed by atoms with Gasteiger partial charge in [0.05, 0.1) is 6.42 Å². The summed E-state index contributed by atoms with van der Waals surface area (Å²) >= 11 is 5.97. The van der Waals surface area contributed by atoms with Crippen molar-refractivity contribution in [3.63, 3.8) is 0 Å². The third-order valence-electron chi connectivity index (χ3n) is 2.89. The highest BCUT2D eigenvalue weighted by Crippen LogP contribution is 2.30. The number of nitrogens with two attached hydrogens (primary N) is 1. The average Bonchev–Trinajstić information content (AvgIpc) is 2.69. The van der Waals surface area contributed by atoms with Crippen molar-refractivity contribution in [2.75, 3.05) is 6.54 Å². The van der Waals surface area contributed by atoms with Crippen LogP contribution in [0.3, 0.4) is 0 Å². The van der Waals surface area contributed by atoms with Crippen LogP contribution < -0.4 is 5.73 Å². The van der Waals surface area contributed by atoms with Crippen LogP contribution >= 0.6 is 11.6 Å². The van der Waals surface area contributed by atoms with Crippen molar-refractivity contribution in [2.45, 2.75) is 19.3 Å². The van der Waals surface area contributed by atoms with Gasteiger partial charge in [-0.05, 0) is 30.7 Å². The number of carboxylic acid groups (broad SMARTS) is 1. The van der Waals surface area contributed by atoms with Gasteiger partial charge in [-0.3, -0.25) is 4.79 Å². The minimum atomic E-state index is -0.888. The van der Waals surface area contributed by atoms with Crippen molar-refractivity contribution < 1.29 is 14.3 Å². The normalized spacial score (nSPS) is 12.8. The first-order chi connectivity index (χ1) is 8.51. The molecular weight excluding hydrogens is 254 g/mol. The van der Waals surface area contributed by atoms with Crippen LogP contribution in [-0.4, -0.2) is 17.6 Å². The minimum Gasteiger partial charge on any atom is -0.481 e. The number of hydrogen-bond donors (Lipinski definition) is 2. The van der Waals surface area contributed by atoms with Crippen LogP contribution in [0.25, 0.3) is 11.0 Å². The van der Waals surface area contributed by atoms with Gasteiger partial charge in [0.15, 0.2) is 0 Å². The maximum atomic E-state index is 10.8. The summed E-state index contributed by atoms with van der Waals surface area (Å²) in [5, 5.41) is 10.3. The Morgan fingerprint density at radius 3 is 2.83 bits per heavy atom. The Kier molecular flexibility index (Phi) is 3.59. The molecule has 1 aromatic carbocycles. The highest BCUT2D eigenvalue weighted by atomic mass is 35.5. The molecule has 1 aromatic heterocycles. The van der Waals surface area contributed by atoms with Crippen LogP contribution in [0.2, 0.25) is 5.02 Å². The third kappa shape index (κ3) is 2.49. The number of hydrogen-bond acceptors (Lipinski definition) is 3. The Hall–Kier alpha value is -1.52. The van der Waals surface area contributed by atoms with E-state index in [0.29, 0.717) is 10.8 Å². The monoisotopic (exact) mass is 267 g/mol. The molecule has 2 aromatic rings. The fraction of sp³-hybridized carbons (Fsp3) is 0.308. The maximum absolute atomic E-state index is 10.8. The first-order valence-corrected chi connectivity index (χ1v) is 6.00. The maximum Gasteiger partial charge on any atom is 0.304 e. The molecule has 1 unspecified atom stereocenters. The lowest BCUT2D eigenvalue weighted by atomic mass is 10.0.